The van der Waals surface area contributed by atoms with Crippen molar-refractivity contribution in [2.45, 2.75) is 30.8 Å². The van der Waals surface area contributed by atoms with Crippen LogP contribution < -0.4 is 5.56 Å². The average Bonchev–Trinajstić information content (AvgIpc) is 3.13. The summed E-state index contributed by atoms with van der Waals surface area (Å²) >= 11 is 0. The van der Waals surface area contributed by atoms with Gasteiger partial charge in [0.15, 0.2) is 0 Å². The van der Waals surface area contributed by atoms with Crippen molar-refractivity contribution in [2.75, 3.05) is 19.6 Å². The molecule has 7 heteroatoms. The predicted molar refractivity (Wildman–Crippen MR) is 103 cm³/mol. The molecular weight excluding hydrogens is 356 g/mol. The van der Waals surface area contributed by atoms with Gasteiger partial charge in [-0.1, -0.05) is 12.1 Å². The summed E-state index contributed by atoms with van der Waals surface area (Å²) < 4.78 is 1.21. The maximum Gasteiger partial charge on any atom is 0.274 e. The molecule has 2 aromatic rings. The van der Waals surface area contributed by atoms with Crippen LogP contribution in [0.3, 0.4) is 0 Å². The van der Waals surface area contributed by atoms with Gasteiger partial charge in [-0.2, -0.15) is 5.10 Å². The molecule has 0 spiro atoms. The standard InChI is InChI=1S/C21H24N4O3/c1-23-18(27)6-5-17(22-23)21(28)25-12-16(14-3-2-4-15(26)11-14)20-19(25)13-7-9-24(20)10-8-13/h2-6,11,13,16,19-20,26H,7-10,12H2,1H3/t16-,19+,20+/m0/s1. The molecule has 0 aliphatic carbocycles. The minimum absolute atomic E-state index is 0.109. The number of hydrogen-bond donors (Lipinski definition) is 1. The van der Waals surface area contributed by atoms with E-state index in [0.29, 0.717) is 18.2 Å². The van der Waals surface area contributed by atoms with Crippen LogP contribution in [-0.2, 0) is 7.05 Å². The second kappa shape index (κ2) is 6.44. The van der Waals surface area contributed by atoms with Crippen molar-refractivity contribution < 1.29 is 9.90 Å². The Kier molecular flexibility index (Phi) is 4.01. The third-order valence-electron chi connectivity index (χ3n) is 6.73. The van der Waals surface area contributed by atoms with Crippen LogP contribution in [-0.4, -0.2) is 62.3 Å². The lowest BCUT2D eigenvalue weighted by Gasteiger charge is -2.51. The summed E-state index contributed by atoms with van der Waals surface area (Å²) in [5.74, 6) is 0.807. The van der Waals surface area contributed by atoms with Crippen LogP contribution in [0.4, 0.5) is 0 Å². The van der Waals surface area contributed by atoms with Crippen molar-refractivity contribution in [2.24, 2.45) is 13.0 Å². The largest absolute Gasteiger partial charge is 0.508 e. The molecule has 1 amide bonds. The molecule has 1 N–H and O–H groups in total. The zero-order valence-electron chi connectivity index (χ0n) is 15.9. The van der Waals surface area contributed by atoms with Crippen molar-refractivity contribution in [1.29, 1.82) is 0 Å². The van der Waals surface area contributed by atoms with Crippen molar-refractivity contribution in [1.82, 2.24) is 19.6 Å². The van der Waals surface area contributed by atoms with Crippen molar-refractivity contribution in [3.05, 3.63) is 58.0 Å². The summed E-state index contributed by atoms with van der Waals surface area (Å²) in [5, 5.41) is 14.2. The number of nitrogens with zero attached hydrogens (tertiary/aromatic N) is 4. The molecule has 4 aliphatic heterocycles. The Morgan fingerprint density at radius 1 is 1.14 bits per heavy atom. The van der Waals surface area contributed by atoms with E-state index in [-0.39, 0.29) is 35.2 Å². The minimum Gasteiger partial charge on any atom is -0.508 e. The number of aromatic nitrogens is 2. The molecule has 4 saturated heterocycles. The molecule has 146 valence electrons. The van der Waals surface area contributed by atoms with Crippen molar-refractivity contribution in [3.63, 3.8) is 0 Å². The number of aromatic hydroxyl groups is 1. The quantitative estimate of drug-likeness (QED) is 0.847. The fraction of sp³-hybridized carbons (Fsp3) is 0.476. The lowest BCUT2D eigenvalue weighted by Crippen LogP contribution is -2.60. The number of fused-ring (bicyclic) bond motifs is 2. The predicted octanol–water partition coefficient (Wildman–Crippen LogP) is 1.19. The third kappa shape index (κ3) is 2.64. The van der Waals surface area contributed by atoms with Crippen LogP contribution in [0.1, 0.15) is 34.8 Å². The minimum atomic E-state index is -0.226. The Morgan fingerprint density at radius 2 is 1.93 bits per heavy atom. The van der Waals surface area contributed by atoms with Gasteiger partial charge in [0.1, 0.15) is 11.4 Å². The number of amides is 1. The number of carbonyl (C=O) groups excluding carboxylic acids is 1. The topological polar surface area (TPSA) is 78.7 Å². The van der Waals surface area contributed by atoms with Crippen molar-refractivity contribution >= 4 is 5.91 Å². The molecule has 4 fully saturated rings. The van der Waals surface area contributed by atoms with E-state index in [4.69, 9.17) is 0 Å². The van der Waals surface area contributed by atoms with Gasteiger partial charge < -0.3 is 10.0 Å². The second-order valence-corrected chi connectivity index (χ2v) is 8.19. The van der Waals surface area contributed by atoms with Gasteiger partial charge in [-0.25, -0.2) is 4.68 Å². The van der Waals surface area contributed by atoms with Gasteiger partial charge in [-0.15, -0.1) is 0 Å². The zero-order valence-corrected chi connectivity index (χ0v) is 15.9. The molecule has 6 rings (SSSR count). The molecule has 0 saturated carbocycles. The van der Waals surface area contributed by atoms with E-state index in [1.807, 2.05) is 23.1 Å². The monoisotopic (exact) mass is 380 g/mol. The second-order valence-electron chi connectivity index (χ2n) is 8.19. The number of phenols is 1. The molecule has 7 nitrogen and oxygen atoms in total. The fourth-order valence-electron chi connectivity index (χ4n) is 5.47. The van der Waals surface area contributed by atoms with E-state index >= 15 is 0 Å². The smallest absolute Gasteiger partial charge is 0.274 e. The molecule has 2 bridgehead atoms. The first-order valence-electron chi connectivity index (χ1n) is 9.91. The average molecular weight is 380 g/mol. The van der Waals surface area contributed by atoms with Gasteiger partial charge in [0.2, 0.25) is 0 Å². The lowest BCUT2D eigenvalue weighted by atomic mass is 9.75. The molecule has 0 radical (unpaired) electrons. The Morgan fingerprint density at radius 3 is 2.64 bits per heavy atom. The number of rotatable bonds is 2. The summed E-state index contributed by atoms with van der Waals surface area (Å²) in [6.45, 7) is 2.75. The van der Waals surface area contributed by atoms with E-state index in [1.165, 1.54) is 16.8 Å². The maximum absolute atomic E-state index is 13.4. The first-order chi connectivity index (χ1) is 13.5. The van der Waals surface area contributed by atoms with Crippen molar-refractivity contribution in [3.8, 4) is 5.75 Å². The van der Waals surface area contributed by atoms with E-state index < -0.39 is 0 Å². The number of likely N-dealkylation sites (tertiary alicyclic amines) is 1. The van der Waals surface area contributed by atoms with Gasteiger partial charge in [0, 0.05) is 31.6 Å². The number of phenolic OH excluding ortho intramolecular Hbond substituents is 1. The van der Waals surface area contributed by atoms with E-state index in [1.54, 1.807) is 13.1 Å². The summed E-state index contributed by atoms with van der Waals surface area (Å²) in [4.78, 5) is 29.5. The highest BCUT2D eigenvalue weighted by Gasteiger charge is 2.54. The molecule has 4 aliphatic rings. The van der Waals surface area contributed by atoms with Crippen LogP contribution in [0.2, 0.25) is 0 Å². The third-order valence-corrected chi connectivity index (χ3v) is 6.73. The number of benzene rings is 1. The molecule has 0 unspecified atom stereocenters. The Bertz CT molecular complexity index is 980. The summed E-state index contributed by atoms with van der Waals surface area (Å²) in [7, 11) is 1.57. The molecular formula is C21H24N4O3. The van der Waals surface area contributed by atoms with Gasteiger partial charge in [0.25, 0.3) is 11.5 Å². The van der Waals surface area contributed by atoms with E-state index in [2.05, 4.69) is 10.00 Å². The van der Waals surface area contributed by atoms with Crippen LogP contribution >= 0.6 is 0 Å². The first-order valence-corrected chi connectivity index (χ1v) is 9.91. The fourth-order valence-corrected chi connectivity index (χ4v) is 5.47. The van der Waals surface area contributed by atoms with E-state index in [9.17, 15) is 14.7 Å². The summed E-state index contributed by atoms with van der Waals surface area (Å²) in [6.07, 6.45) is 2.22. The van der Waals surface area contributed by atoms with Crippen LogP contribution in [0, 0.1) is 5.92 Å². The van der Waals surface area contributed by atoms with Gasteiger partial charge in [-0.05, 0) is 55.6 Å². The number of piperidine rings is 3. The lowest BCUT2D eigenvalue weighted by molar-refractivity contribution is -0.00365. The van der Waals surface area contributed by atoms with Gasteiger partial charge >= 0.3 is 0 Å². The van der Waals surface area contributed by atoms with Crippen LogP contribution in [0.25, 0.3) is 0 Å². The Balaban J connectivity index is 1.54. The maximum atomic E-state index is 13.4. The molecule has 3 atom stereocenters. The zero-order chi connectivity index (χ0) is 19.4. The molecule has 28 heavy (non-hydrogen) atoms. The Hall–Kier alpha value is -2.67. The highest BCUT2D eigenvalue weighted by Crippen LogP contribution is 2.47. The molecule has 1 aromatic heterocycles. The SMILES string of the molecule is Cn1nc(C(=O)N2C[C@@H](c3cccc(O)c3)[C@@H]3[C@H]2C2CCN3CC2)ccc1=O. The highest BCUT2D eigenvalue weighted by atomic mass is 16.3. The first kappa shape index (κ1) is 17.4. The Labute approximate surface area is 163 Å². The highest BCUT2D eigenvalue weighted by molar-refractivity contribution is 5.92. The molecule has 5 heterocycles. The normalized spacial score (nSPS) is 31.0. The number of carbonyl (C=O) groups is 1. The van der Waals surface area contributed by atoms with Crippen LogP contribution in [0.5, 0.6) is 5.75 Å². The molecule has 1 aromatic carbocycles. The van der Waals surface area contributed by atoms with E-state index in [0.717, 1.165) is 31.5 Å². The number of aryl methyl sites for hydroxylation is 1. The summed E-state index contributed by atoms with van der Waals surface area (Å²) in [6, 6.07) is 10.8. The summed E-state index contributed by atoms with van der Waals surface area (Å²) in [5.41, 5.74) is 1.16. The van der Waals surface area contributed by atoms with Gasteiger partial charge in [-0.3, -0.25) is 14.5 Å². The number of hydrogen-bond acceptors (Lipinski definition) is 5. The van der Waals surface area contributed by atoms with Gasteiger partial charge in [0.05, 0.1) is 6.04 Å². The van der Waals surface area contributed by atoms with Crippen LogP contribution in [0.15, 0.2) is 41.2 Å².